The maximum Gasteiger partial charge on any atom is 0.229 e. The Labute approximate surface area is 140 Å². The molecular weight excluding hydrogens is 303 g/mol. The number of aromatic nitrogens is 2. The SMILES string of the molecule is CCCNc1cc(-c2ccccc2)nc(Nc2ccc(F)cc2)n1. The van der Waals surface area contributed by atoms with E-state index in [1.807, 2.05) is 36.4 Å². The molecule has 24 heavy (non-hydrogen) atoms. The molecule has 2 aromatic carbocycles. The predicted molar refractivity (Wildman–Crippen MR) is 95.9 cm³/mol. The van der Waals surface area contributed by atoms with Gasteiger partial charge in [-0.2, -0.15) is 4.98 Å². The number of rotatable bonds is 6. The van der Waals surface area contributed by atoms with Crippen molar-refractivity contribution >= 4 is 17.5 Å². The second-order valence-electron chi connectivity index (χ2n) is 5.39. The van der Waals surface area contributed by atoms with Crippen molar-refractivity contribution in [3.05, 3.63) is 66.5 Å². The first kappa shape index (κ1) is 15.9. The Bertz CT molecular complexity index is 788. The van der Waals surface area contributed by atoms with Crippen LogP contribution in [0.4, 0.5) is 21.8 Å². The quantitative estimate of drug-likeness (QED) is 0.681. The number of hydrogen-bond acceptors (Lipinski definition) is 4. The van der Waals surface area contributed by atoms with Gasteiger partial charge < -0.3 is 10.6 Å². The number of anilines is 3. The van der Waals surface area contributed by atoms with Crippen LogP contribution in [-0.2, 0) is 0 Å². The van der Waals surface area contributed by atoms with Crippen molar-refractivity contribution < 1.29 is 4.39 Å². The van der Waals surface area contributed by atoms with E-state index < -0.39 is 0 Å². The molecule has 5 heteroatoms. The molecule has 0 saturated heterocycles. The molecule has 0 aliphatic rings. The molecule has 0 unspecified atom stereocenters. The van der Waals surface area contributed by atoms with Gasteiger partial charge in [0.15, 0.2) is 0 Å². The molecule has 1 heterocycles. The van der Waals surface area contributed by atoms with Crippen molar-refractivity contribution in [3.63, 3.8) is 0 Å². The summed E-state index contributed by atoms with van der Waals surface area (Å²) in [5.74, 6) is 0.960. The van der Waals surface area contributed by atoms with E-state index >= 15 is 0 Å². The minimum Gasteiger partial charge on any atom is -0.370 e. The maximum absolute atomic E-state index is 13.0. The minimum atomic E-state index is -0.273. The van der Waals surface area contributed by atoms with Crippen LogP contribution in [0.3, 0.4) is 0 Å². The average Bonchev–Trinajstić information content (AvgIpc) is 2.62. The van der Waals surface area contributed by atoms with Gasteiger partial charge in [0.2, 0.25) is 5.95 Å². The van der Waals surface area contributed by atoms with Crippen LogP contribution in [0.2, 0.25) is 0 Å². The second-order valence-corrected chi connectivity index (χ2v) is 5.39. The first-order valence-electron chi connectivity index (χ1n) is 7.95. The van der Waals surface area contributed by atoms with Gasteiger partial charge in [-0.25, -0.2) is 9.37 Å². The van der Waals surface area contributed by atoms with E-state index in [2.05, 4.69) is 27.5 Å². The van der Waals surface area contributed by atoms with Crippen molar-refractivity contribution in [2.75, 3.05) is 17.2 Å². The van der Waals surface area contributed by atoms with Crippen molar-refractivity contribution in [1.82, 2.24) is 9.97 Å². The van der Waals surface area contributed by atoms with Crippen LogP contribution in [0.5, 0.6) is 0 Å². The van der Waals surface area contributed by atoms with Crippen LogP contribution in [-0.4, -0.2) is 16.5 Å². The monoisotopic (exact) mass is 322 g/mol. The summed E-state index contributed by atoms with van der Waals surface area (Å²) in [5.41, 5.74) is 2.58. The standard InChI is InChI=1S/C19H19FN4/c1-2-12-21-18-13-17(14-6-4-3-5-7-14)23-19(24-18)22-16-10-8-15(20)9-11-16/h3-11,13H,2,12H2,1H3,(H2,21,22,23,24). The van der Waals surface area contributed by atoms with Gasteiger partial charge in [0, 0.05) is 23.9 Å². The number of halogens is 1. The van der Waals surface area contributed by atoms with Crippen molar-refractivity contribution in [2.45, 2.75) is 13.3 Å². The van der Waals surface area contributed by atoms with E-state index in [-0.39, 0.29) is 5.82 Å². The van der Waals surface area contributed by atoms with Crippen LogP contribution in [0.25, 0.3) is 11.3 Å². The number of hydrogen-bond donors (Lipinski definition) is 2. The molecule has 0 aliphatic carbocycles. The molecule has 0 aliphatic heterocycles. The van der Waals surface area contributed by atoms with Crippen molar-refractivity contribution in [2.24, 2.45) is 0 Å². The Kier molecular flexibility index (Phi) is 5.01. The third-order valence-electron chi connectivity index (χ3n) is 3.45. The Morgan fingerprint density at radius 2 is 1.71 bits per heavy atom. The van der Waals surface area contributed by atoms with Crippen LogP contribution in [0, 0.1) is 5.82 Å². The molecule has 0 fully saturated rings. The third kappa shape index (κ3) is 4.07. The lowest BCUT2D eigenvalue weighted by Crippen LogP contribution is -2.06. The summed E-state index contributed by atoms with van der Waals surface area (Å²) in [6.07, 6.45) is 1.01. The summed E-state index contributed by atoms with van der Waals surface area (Å²) in [5, 5.41) is 6.42. The lowest BCUT2D eigenvalue weighted by Gasteiger charge is -2.11. The summed E-state index contributed by atoms with van der Waals surface area (Å²) in [7, 11) is 0. The zero-order chi connectivity index (χ0) is 16.8. The molecule has 0 radical (unpaired) electrons. The molecule has 3 rings (SSSR count). The Morgan fingerprint density at radius 1 is 0.958 bits per heavy atom. The molecule has 2 N–H and O–H groups in total. The first-order chi connectivity index (χ1) is 11.7. The van der Waals surface area contributed by atoms with Gasteiger partial charge in [-0.1, -0.05) is 37.3 Å². The largest absolute Gasteiger partial charge is 0.370 e. The molecule has 1 aromatic heterocycles. The van der Waals surface area contributed by atoms with Gasteiger partial charge in [0.1, 0.15) is 11.6 Å². The van der Waals surface area contributed by atoms with Gasteiger partial charge in [-0.05, 0) is 30.7 Å². The summed E-state index contributed by atoms with van der Waals surface area (Å²) in [6.45, 7) is 2.94. The normalized spacial score (nSPS) is 10.4. The summed E-state index contributed by atoms with van der Waals surface area (Å²) >= 11 is 0. The predicted octanol–water partition coefficient (Wildman–Crippen LogP) is 4.85. The second kappa shape index (κ2) is 7.55. The van der Waals surface area contributed by atoms with Gasteiger partial charge in [0.05, 0.1) is 5.69 Å². The molecule has 0 atom stereocenters. The van der Waals surface area contributed by atoms with Crippen molar-refractivity contribution in [3.8, 4) is 11.3 Å². The third-order valence-corrected chi connectivity index (χ3v) is 3.45. The van der Waals surface area contributed by atoms with Crippen LogP contribution in [0.1, 0.15) is 13.3 Å². The van der Waals surface area contributed by atoms with Crippen LogP contribution in [0.15, 0.2) is 60.7 Å². The van der Waals surface area contributed by atoms with Crippen LogP contribution < -0.4 is 10.6 Å². The molecule has 4 nitrogen and oxygen atoms in total. The summed E-state index contributed by atoms with van der Waals surface area (Å²) < 4.78 is 13.0. The summed E-state index contributed by atoms with van der Waals surface area (Å²) in [6, 6.07) is 18.0. The van der Waals surface area contributed by atoms with Gasteiger partial charge in [-0.3, -0.25) is 0 Å². The highest BCUT2D eigenvalue weighted by Crippen LogP contribution is 2.23. The molecule has 122 valence electrons. The average molecular weight is 322 g/mol. The lowest BCUT2D eigenvalue weighted by atomic mass is 10.1. The van der Waals surface area contributed by atoms with E-state index in [9.17, 15) is 4.39 Å². The smallest absolute Gasteiger partial charge is 0.229 e. The van der Waals surface area contributed by atoms with Gasteiger partial charge >= 0.3 is 0 Å². The molecule has 0 saturated carbocycles. The molecule has 0 spiro atoms. The van der Waals surface area contributed by atoms with E-state index in [0.717, 1.165) is 35.7 Å². The van der Waals surface area contributed by atoms with Crippen molar-refractivity contribution in [1.29, 1.82) is 0 Å². The Balaban J connectivity index is 1.93. The lowest BCUT2D eigenvalue weighted by molar-refractivity contribution is 0.628. The highest BCUT2D eigenvalue weighted by atomic mass is 19.1. The zero-order valence-corrected chi connectivity index (χ0v) is 13.5. The number of nitrogens with one attached hydrogen (secondary N) is 2. The Morgan fingerprint density at radius 3 is 2.42 bits per heavy atom. The van der Waals surface area contributed by atoms with E-state index in [4.69, 9.17) is 0 Å². The van der Waals surface area contributed by atoms with E-state index in [1.165, 1.54) is 12.1 Å². The van der Waals surface area contributed by atoms with Gasteiger partial charge in [0.25, 0.3) is 0 Å². The Hall–Kier alpha value is -2.95. The highest BCUT2D eigenvalue weighted by Gasteiger charge is 2.07. The number of nitrogens with zero attached hydrogens (tertiary/aromatic N) is 2. The minimum absolute atomic E-state index is 0.273. The molecule has 0 amide bonds. The zero-order valence-electron chi connectivity index (χ0n) is 13.5. The van der Waals surface area contributed by atoms with E-state index in [1.54, 1.807) is 12.1 Å². The highest BCUT2D eigenvalue weighted by molar-refractivity contribution is 5.66. The molecular formula is C19H19FN4. The van der Waals surface area contributed by atoms with Crippen LogP contribution >= 0.6 is 0 Å². The topological polar surface area (TPSA) is 49.8 Å². The fourth-order valence-electron chi connectivity index (χ4n) is 2.27. The number of benzene rings is 2. The molecule has 0 bridgehead atoms. The fraction of sp³-hybridized carbons (Fsp3) is 0.158. The first-order valence-corrected chi connectivity index (χ1v) is 7.95. The maximum atomic E-state index is 13.0. The fourth-order valence-corrected chi connectivity index (χ4v) is 2.27. The molecule has 3 aromatic rings. The van der Waals surface area contributed by atoms with Gasteiger partial charge in [-0.15, -0.1) is 0 Å². The summed E-state index contributed by atoms with van der Waals surface area (Å²) in [4.78, 5) is 9.06. The van der Waals surface area contributed by atoms with E-state index in [0.29, 0.717) is 5.95 Å².